The summed E-state index contributed by atoms with van der Waals surface area (Å²) in [5.74, 6) is 0.957. The van der Waals surface area contributed by atoms with Crippen LogP contribution in [0, 0.1) is 0 Å². The standard InChI is InChI=1S/C20H25ClN2O5S/c1-4-19(23(29(3,25)26)16-7-5-6-15(21)14-16)20(24)22-12-13-28-18-10-8-17(27-2)9-11-18/h5-11,14,19H,4,12-13H2,1-3H3,(H,22,24)/t19-/m1/s1. The van der Waals surface area contributed by atoms with Crippen molar-refractivity contribution >= 4 is 33.2 Å². The molecule has 0 radical (unpaired) electrons. The monoisotopic (exact) mass is 440 g/mol. The Labute approximate surface area is 176 Å². The number of halogens is 1. The first-order valence-electron chi connectivity index (χ1n) is 9.05. The average Bonchev–Trinajstić information content (AvgIpc) is 2.68. The molecular weight excluding hydrogens is 416 g/mol. The number of benzene rings is 2. The molecule has 0 aliphatic rings. The molecule has 1 atom stereocenters. The van der Waals surface area contributed by atoms with E-state index >= 15 is 0 Å². The molecule has 29 heavy (non-hydrogen) atoms. The number of anilines is 1. The number of amides is 1. The van der Waals surface area contributed by atoms with Crippen molar-refractivity contribution in [3.63, 3.8) is 0 Å². The number of rotatable bonds is 10. The van der Waals surface area contributed by atoms with Gasteiger partial charge < -0.3 is 14.8 Å². The Morgan fingerprint density at radius 2 is 1.83 bits per heavy atom. The molecular formula is C20H25ClN2O5S. The number of nitrogens with one attached hydrogen (secondary N) is 1. The molecule has 2 aromatic rings. The Hall–Kier alpha value is -2.45. The van der Waals surface area contributed by atoms with Crippen LogP contribution in [0.1, 0.15) is 13.3 Å². The first-order valence-corrected chi connectivity index (χ1v) is 11.3. The molecule has 0 saturated carbocycles. The maximum absolute atomic E-state index is 12.7. The maximum Gasteiger partial charge on any atom is 0.244 e. The third-order valence-electron chi connectivity index (χ3n) is 4.12. The summed E-state index contributed by atoms with van der Waals surface area (Å²) < 4.78 is 36.5. The second kappa shape index (κ2) is 10.4. The minimum atomic E-state index is -3.70. The molecule has 9 heteroatoms. The topological polar surface area (TPSA) is 84.9 Å². The molecule has 0 aliphatic carbocycles. The average molecular weight is 441 g/mol. The molecule has 0 fully saturated rings. The van der Waals surface area contributed by atoms with E-state index in [-0.39, 0.29) is 13.2 Å². The highest BCUT2D eigenvalue weighted by atomic mass is 35.5. The Kier molecular flexibility index (Phi) is 8.16. The van der Waals surface area contributed by atoms with Crippen molar-refractivity contribution in [3.8, 4) is 11.5 Å². The fourth-order valence-corrected chi connectivity index (χ4v) is 4.19. The van der Waals surface area contributed by atoms with E-state index in [9.17, 15) is 13.2 Å². The van der Waals surface area contributed by atoms with Crippen molar-refractivity contribution in [1.29, 1.82) is 0 Å². The summed E-state index contributed by atoms with van der Waals surface area (Å²) in [6.45, 7) is 2.22. The van der Waals surface area contributed by atoms with Crippen molar-refractivity contribution in [3.05, 3.63) is 53.6 Å². The van der Waals surface area contributed by atoms with Gasteiger partial charge in [-0.15, -0.1) is 0 Å². The summed E-state index contributed by atoms with van der Waals surface area (Å²) in [6.07, 6.45) is 1.36. The summed E-state index contributed by atoms with van der Waals surface area (Å²) >= 11 is 6.00. The molecule has 2 rings (SSSR count). The summed E-state index contributed by atoms with van der Waals surface area (Å²) in [6, 6.07) is 12.6. The molecule has 0 heterocycles. The number of carbonyl (C=O) groups excluding carboxylic acids is 1. The van der Waals surface area contributed by atoms with Crippen LogP contribution >= 0.6 is 11.6 Å². The zero-order chi connectivity index (χ0) is 21.4. The van der Waals surface area contributed by atoms with Gasteiger partial charge in [-0.3, -0.25) is 9.10 Å². The Bertz CT molecular complexity index is 919. The van der Waals surface area contributed by atoms with Gasteiger partial charge in [0.25, 0.3) is 0 Å². The third-order valence-corrected chi connectivity index (χ3v) is 5.54. The molecule has 7 nitrogen and oxygen atoms in total. The van der Waals surface area contributed by atoms with Crippen LogP contribution in [0.25, 0.3) is 0 Å². The molecule has 0 saturated heterocycles. The van der Waals surface area contributed by atoms with E-state index in [2.05, 4.69) is 5.32 Å². The van der Waals surface area contributed by atoms with Gasteiger partial charge in [-0.05, 0) is 48.9 Å². The van der Waals surface area contributed by atoms with Crippen molar-refractivity contribution in [2.45, 2.75) is 19.4 Å². The Morgan fingerprint density at radius 1 is 1.17 bits per heavy atom. The van der Waals surface area contributed by atoms with Gasteiger partial charge in [0.15, 0.2) is 0 Å². The molecule has 158 valence electrons. The summed E-state index contributed by atoms with van der Waals surface area (Å²) in [4.78, 5) is 12.7. The lowest BCUT2D eigenvalue weighted by molar-refractivity contribution is -0.122. The van der Waals surface area contributed by atoms with Crippen LogP contribution < -0.4 is 19.1 Å². The molecule has 0 spiro atoms. The SMILES string of the molecule is CC[C@H](C(=O)NCCOc1ccc(OC)cc1)N(c1cccc(Cl)c1)S(C)(=O)=O. The predicted octanol–water partition coefficient (Wildman–Crippen LogP) is 3.09. The number of hydrogen-bond donors (Lipinski definition) is 1. The van der Waals surface area contributed by atoms with Crippen LogP contribution in [-0.2, 0) is 14.8 Å². The van der Waals surface area contributed by atoms with Crippen LogP contribution in [0.3, 0.4) is 0 Å². The number of carbonyl (C=O) groups is 1. The fraction of sp³-hybridized carbons (Fsp3) is 0.350. The smallest absolute Gasteiger partial charge is 0.244 e. The molecule has 0 unspecified atom stereocenters. The zero-order valence-electron chi connectivity index (χ0n) is 16.6. The number of hydrogen-bond acceptors (Lipinski definition) is 5. The van der Waals surface area contributed by atoms with Crippen molar-refractivity contribution < 1.29 is 22.7 Å². The number of nitrogens with zero attached hydrogens (tertiary/aromatic N) is 1. The second-order valence-electron chi connectivity index (χ2n) is 6.28. The van der Waals surface area contributed by atoms with Crippen LogP contribution in [0.4, 0.5) is 5.69 Å². The van der Waals surface area contributed by atoms with E-state index in [0.29, 0.717) is 22.9 Å². The Morgan fingerprint density at radius 3 is 2.38 bits per heavy atom. The minimum Gasteiger partial charge on any atom is -0.497 e. The molecule has 2 aromatic carbocycles. The number of methoxy groups -OCH3 is 1. The number of ether oxygens (including phenoxy) is 2. The summed E-state index contributed by atoms with van der Waals surface area (Å²) in [5.41, 5.74) is 0.344. The van der Waals surface area contributed by atoms with Crippen molar-refractivity contribution in [2.75, 3.05) is 30.8 Å². The van der Waals surface area contributed by atoms with Crippen LogP contribution in [-0.4, -0.2) is 46.9 Å². The van der Waals surface area contributed by atoms with Gasteiger partial charge in [0.2, 0.25) is 15.9 Å². The minimum absolute atomic E-state index is 0.231. The first kappa shape index (κ1) is 22.8. The van der Waals surface area contributed by atoms with E-state index in [1.807, 2.05) is 0 Å². The lowest BCUT2D eigenvalue weighted by Gasteiger charge is -2.30. The molecule has 0 bridgehead atoms. The lowest BCUT2D eigenvalue weighted by Crippen LogP contribution is -2.50. The number of sulfonamides is 1. The van der Waals surface area contributed by atoms with Gasteiger partial charge in [0.05, 0.1) is 25.6 Å². The van der Waals surface area contributed by atoms with E-state index in [4.69, 9.17) is 21.1 Å². The van der Waals surface area contributed by atoms with Gasteiger partial charge in [-0.25, -0.2) is 8.42 Å². The fourth-order valence-electron chi connectivity index (χ4n) is 2.81. The maximum atomic E-state index is 12.7. The molecule has 1 N–H and O–H groups in total. The molecule has 1 amide bonds. The second-order valence-corrected chi connectivity index (χ2v) is 8.57. The van der Waals surface area contributed by atoms with Gasteiger partial charge in [-0.1, -0.05) is 24.6 Å². The van der Waals surface area contributed by atoms with Gasteiger partial charge >= 0.3 is 0 Å². The lowest BCUT2D eigenvalue weighted by atomic mass is 10.2. The predicted molar refractivity (Wildman–Crippen MR) is 114 cm³/mol. The van der Waals surface area contributed by atoms with E-state index in [1.54, 1.807) is 56.5 Å². The quantitative estimate of drug-likeness (QED) is 0.574. The summed E-state index contributed by atoms with van der Waals surface area (Å²) in [7, 11) is -2.12. The summed E-state index contributed by atoms with van der Waals surface area (Å²) in [5, 5.41) is 3.12. The Balaban J connectivity index is 2.01. The van der Waals surface area contributed by atoms with Gasteiger partial charge in [0.1, 0.15) is 24.1 Å². The molecule has 0 aromatic heterocycles. The highest BCUT2D eigenvalue weighted by Crippen LogP contribution is 2.25. The van der Waals surface area contributed by atoms with E-state index < -0.39 is 22.0 Å². The van der Waals surface area contributed by atoms with E-state index in [1.165, 1.54) is 6.07 Å². The molecule has 0 aliphatic heterocycles. The third kappa shape index (κ3) is 6.54. The van der Waals surface area contributed by atoms with Crippen molar-refractivity contribution in [1.82, 2.24) is 5.32 Å². The van der Waals surface area contributed by atoms with Crippen molar-refractivity contribution in [2.24, 2.45) is 0 Å². The van der Waals surface area contributed by atoms with Gasteiger partial charge in [-0.2, -0.15) is 0 Å². The zero-order valence-corrected chi connectivity index (χ0v) is 18.2. The van der Waals surface area contributed by atoms with Crippen LogP contribution in [0.5, 0.6) is 11.5 Å². The van der Waals surface area contributed by atoms with Crippen LogP contribution in [0.15, 0.2) is 48.5 Å². The highest BCUT2D eigenvalue weighted by Gasteiger charge is 2.31. The van der Waals surface area contributed by atoms with E-state index in [0.717, 1.165) is 16.3 Å². The highest BCUT2D eigenvalue weighted by molar-refractivity contribution is 7.92. The normalized spacial score (nSPS) is 12.1. The van der Waals surface area contributed by atoms with Crippen LogP contribution in [0.2, 0.25) is 5.02 Å². The first-order chi connectivity index (χ1) is 13.8. The van der Waals surface area contributed by atoms with Gasteiger partial charge in [0, 0.05) is 5.02 Å². The largest absolute Gasteiger partial charge is 0.497 e.